The third-order valence-electron chi connectivity index (χ3n) is 7.64. The van der Waals surface area contributed by atoms with Crippen molar-refractivity contribution < 1.29 is 0 Å². The summed E-state index contributed by atoms with van der Waals surface area (Å²) in [5, 5.41) is 2.57. The third-order valence-corrected chi connectivity index (χ3v) is 8.30. The zero-order valence-corrected chi connectivity index (χ0v) is 21.3. The molecule has 0 unspecified atom stereocenters. The number of fused-ring (bicyclic) bond motifs is 6. The van der Waals surface area contributed by atoms with Crippen LogP contribution in [0.1, 0.15) is 25.0 Å². The maximum absolute atomic E-state index is 3.82. The van der Waals surface area contributed by atoms with Gasteiger partial charge in [-0.3, -0.25) is 0 Å². The van der Waals surface area contributed by atoms with Crippen molar-refractivity contribution in [1.29, 1.82) is 0 Å². The van der Waals surface area contributed by atoms with Crippen LogP contribution >= 0.6 is 15.9 Å². The fraction of sp³-hybridized carbons (Fsp3) is 0.0909. The summed E-state index contributed by atoms with van der Waals surface area (Å²) < 4.78 is 3.57. The van der Waals surface area contributed by atoms with Gasteiger partial charge in [-0.25, -0.2) is 0 Å². The van der Waals surface area contributed by atoms with Crippen molar-refractivity contribution in [3.05, 3.63) is 125 Å². The molecule has 1 aliphatic rings. The van der Waals surface area contributed by atoms with Crippen molar-refractivity contribution in [3.8, 4) is 27.9 Å². The molecular formula is C33H24BrN. The minimum atomic E-state index is -0.0518. The molecule has 0 spiro atoms. The number of nitrogens with zero attached hydrogens (tertiary/aromatic N) is 1. The Morgan fingerprint density at radius 1 is 0.600 bits per heavy atom. The van der Waals surface area contributed by atoms with Crippen LogP contribution in [0.3, 0.4) is 0 Å². The van der Waals surface area contributed by atoms with Crippen molar-refractivity contribution in [2.24, 2.45) is 0 Å². The molecule has 7 rings (SSSR count). The molecule has 168 valence electrons. The average molecular weight is 514 g/mol. The molecule has 6 aromatic rings. The van der Waals surface area contributed by atoms with Crippen LogP contribution in [0.2, 0.25) is 0 Å². The molecule has 5 aromatic carbocycles. The molecule has 0 saturated heterocycles. The molecule has 1 nitrogen and oxygen atoms in total. The molecule has 0 radical (unpaired) electrons. The highest BCUT2D eigenvalue weighted by Crippen LogP contribution is 2.52. The van der Waals surface area contributed by atoms with E-state index in [4.69, 9.17) is 0 Å². The molecule has 0 N–H and O–H groups in total. The van der Waals surface area contributed by atoms with E-state index in [-0.39, 0.29) is 5.41 Å². The largest absolute Gasteiger partial charge is 0.309 e. The highest BCUT2D eigenvalue weighted by Gasteiger charge is 2.37. The Labute approximate surface area is 213 Å². The van der Waals surface area contributed by atoms with Gasteiger partial charge in [-0.2, -0.15) is 0 Å². The van der Waals surface area contributed by atoms with E-state index in [0.717, 1.165) is 0 Å². The molecule has 1 aliphatic carbocycles. The molecule has 0 amide bonds. The summed E-state index contributed by atoms with van der Waals surface area (Å²) in [7, 11) is 0. The van der Waals surface area contributed by atoms with E-state index in [1.54, 1.807) is 0 Å². The van der Waals surface area contributed by atoms with Gasteiger partial charge in [0.05, 0.1) is 11.0 Å². The van der Waals surface area contributed by atoms with E-state index >= 15 is 0 Å². The lowest BCUT2D eigenvalue weighted by Gasteiger charge is -2.23. The lowest BCUT2D eigenvalue weighted by Crippen LogP contribution is -2.15. The van der Waals surface area contributed by atoms with Crippen LogP contribution in [-0.2, 0) is 5.41 Å². The van der Waals surface area contributed by atoms with Crippen LogP contribution in [0, 0.1) is 0 Å². The number of halogens is 1. The Balaban J connectivity index is 1.45. The second-order valence-electron chi connectivity index (χ2n) is 9.97. The number of aromatic nitrogens is 1. The van der Waals surface area contributed by atoms with E-state index in [0.29, 0.717) is 0 Å². The van der Waals surface area contributed by atoms with E-state index in [9.17, 15) is 0 Å². The molecular weight excluding hydrogens is 490 g/mol. The van der Waals surface area contributed by atoms with E-state index in [1.165, 1.54) is 65.3 Å². The van der Waals surface area contributed by atoms with Gasteiger partial charge in [0.1, 0.15) is 0 Å². The molecule has 0 aliphatic heterocycles. The smallest absolute Gasteiger partial charge is 0.0547 e. The van der Waals surface area contributed by atoms with Crippen molar-refractivity contribution in [2.75, 3.05) is 0 Å². The highest BCUT2D eigenvalue weighted by atomic mass is 79.9. The standard InChI is InChI=1S/C33H24BrN/c1-33(2)28-19-21(15-17-24(28)27-12-8-13-29(34)32(27)33)22-16-18-26-25-11-6-7-14-30(25)35(31(26)20-22)23-9-4-3-5-10-23/h3-20H,1-2H3. The Bertz CT molecular complexity index is 1770. The monoisotopic (exact) mass is 513 g/mol. The van der Waals surface area contributed by atoms with Crippen molar-refractivity contribution in [2.45, 2.75) is 19.3 Å². The van der Waals surface area contributed by atoms with Gasteiger partial charge in [0.15, 0.2) is 0 Å². The molecule has 0 saturated carbocycles. The van der Waals surface area contributed by atoms with Gasteiger partial charge >= 0.3 is 0 Å². The predicted molar refractivity (Wildman–Crippen MR) is 151 cm³/mol. The predicted octanol–water partition coefficient (Wildman–Crippen LogP) is 9.52. The lowest BCUT2D eigenvalue weighted by atomic mass is 9.81. The molecule has 35 heavy (non-hydrogen) atoms. The summed E-state index contributed by atoms with van der Waals surface area (Å²) in [6, 6.07) is 39.8. The minimum absolute atomic E-state index is 0.0518. The van der Waals surface area contributed by atoms with Crippen molar-refractivity contribution >= 4 is 37.7 Å². The molecule has 1 heterocycles. The Morgan fingerprint density at radius 2 is 1.31 bits per heavy atom. The van der Waals surface area contributed by atoms with Crippen LogP contribution < -0.4 is 0 Å². The van der Waals surface area contributed by atoms with Crippen LogP contribution in [0.4, 0.5) is 0 Å². The lowest BCUT2D eigenvalue weighted by molar-refractivity contribution is 0.657. The quantitative estimate of drug-likeness (QED) is 0.217. The van der Waals surface area contributed by atoms with Gasteiger partial charge < -0.3 is 4.57 Å². The van der Waals surface area contributed by atoms with E-state index in [1.807, 2.05) is 0 Å². The summed E-state index contributed by atoms with van der Waals surface area (Å²) in [6.07, 6.45) is 0. The van der Waals surface area contributed by atoms with Crippen LogP contribution in [0.25, 0.3) is 49.7 Å². The molecule has 1 aromatic heterocycles. The zero-order chi connectivity index (χ0) is 23.7. The number of hydrogen-bond donors (Lipinski definition) is 0. The second kappa shape index (κ2) is 7.44. The third kappa shape index (κ3) is 2.93. The molecule has 0 fully saturated rings. The first kappa shape index (κ1) is 20.7. The summed E-state index contributed by atoms with van der Waals surface area (Å²) in [5.74, 6) is 0. The van der Waals surface area contributed by atoms with E-state index in [2.05, 4.69) is 144 Å². The van der Waals surface area contributed by atoms with Gasteiger partial charge in [-0.05, 0) is 69.8 Å². The molecule has 2 heteroatoms. The topological polar surface area (TPSA) is 4.93 Å². The van der Waals surface area contributed by atoms with Crippen molar-refractivity contribution in [3.63, 3.8) is 0 Å². The first-order chi connectivity index (χ1) is 17.0. The van der Waals surface area contributed by atoms with Gasteiger partial charge in [0.2, 0.25) is 0 Å². The fourth-order valence-electron chi connectivity index (χ4n) is 6.00. The molecule has 0 bridgehead atoms. The Morgan fingerprint density at radius 3 is 2.17 bits per heavy atom. The van der Waals surface area contributed by atoms with Gasteiger partial charge in [-0.15, -0.1) is 0 Å². The average Bonchev–Trinajstić information content (AvgIpc) is 3.34. The fourth-order valence-corrected chi connectivity index (χ4v) is 6.86. The SMILES string of the molecule is CC1(C)c2cc(-c3ccc4c5ccccc5n(-c5ccccc5)c4c3)ccc2-c2cccc(Br)c21. The van der Waals surface area contributed by atoms with Crippen LogP contribution in [0.15, 0.2) is 114 Å². The van der Waals surface area contributed by atoms with Crippen LogP contribution in [0.5, 0.6) is 0 Å². The zero-order valence-electron chi connectivity index (χ0n) is 19.7. The van der Waals surface area contributed by atoms with Crippen molar-refractivity contribution in [1.82, 2.24) is 4.57 Å². The highest BCUT2D eigenvalue weighted by molar-refractivity contribution is 9.10. The number of benzene rings is 5. The number of para-hydroxylation sites is 2. The summed E-state index contributed by atoms with van der Waals surface area (Å²) in [6.45, 7) is 4.67. The second-order valence-corrected chi connectivity index (χ2v) is 10.8. The maximum atomic E-state index is 3.82. The van der Waals surface area contributed by atoms with E-state index < -0.39 is 0 Å². The minimum Gasteiger partial charge on any atom is -0.309 e. The maximum Gasteiger partial charge on any atom is 0.0547 e. The van der Waals surface area contributed by atoms with Gasteiger partial charge in [-0.1, -0.05) is 103 Å². The van der Waals surface area contributed by atoms with Gasteiger partial charge in [0, 0.05) is 26.3 Å². The number of rotatable bonds is 2. The summed E-state index contributed by atoms with van der Waals surface area (Å²) >= 11 is 3.82. The Kier molecular flexibility index (Phi) is 4.40. The first-order valence-electron chi connectivity index (χ1n) is 12.1. The normalized spacial score (nSPS) is 13.8. The summed E-state index contributed by atoms with van der Waals surface area (Å²) in [4.78, 5) is 0. The first-order valence-corrected chi connectivity index (χ1v) is 12.9. The summed E-state index contributed by atoms with van der Waals surface area (Å²) in [5.41, 5.74) is 11.6. The Hall–Kier alpha value is -3.62. The van der Waals surface area contributed by atoms with Gasteiger partial charge in [0.25, 0.3) is 0 Å². The number of hydrogen-bond acceptors (Lipinski definition) is 0. The molecule has 0 atom stereocenters. The van der Waals surface area contributed by atoms with Crippen LogP contribution in [-0.4, -0.2) is 4.57 Å².